The maximum atomic E-state index is 12.2. The molecule has 1 aromatic carbocycles. The Balaban J connectivity index is 2.15. The predicted octanol–water partition coefficient (Wildman–Crippen LogP) is 2.88. The summed E-state index contributed by atoms with van der Waals surface area (Å²) in [5, 5.41) is 3.48. The Hall–Kier alpha value is -0.720. The van der Waals surface area contributed by atoms with E-state index in [1.165, 1.54) is 10.1 Å². The number of anilines is 1. The van der Waals surface area contributed by atoms with Crippen molar-refractivity contribution in [3.05, 3.63) is 24.3 Å². The van der Waals surface area contributed by atoms with Crippen molar-refractivity contribution < 1.29 is 8.42 Å². The molecule has 2 rings (SSSR count). The third-order valence-corrected chi connectivity index (χ3v) is 7.03. The second-order valence-electron chi connectivity index (χ2n) is 6.54. The minimum atomic E-state index is -3.37. The van der Waals surface area contributed by atoms with E-state index in [0.29, 0.717) is 16.4 Å². The minimum Gasteiger partial charge on any atom is -0.381 e. The molecule has 0 amide bonds. The van der Waals surface area contributed by atoms with Gasteiger partial charge in [0.05, 0.1) is 4.90 Å². The molecule has 0 bridgehead atoms. The number of rotatable bonds is 4. The molecule has 0 aromatic heterocycles. The summed E-state index contributed by atoms with van der Waals surface area (Å²) >= 11 is 1.95. The molecule has 6 heteroatoms. The Morgan fingerprint density at radius 2 is 2.05 bits per heavy atom. The number of hydrogen-bond donors (Lipinski definition) is 1. The number of nitrogens with zero attached hydrogens (tertiary/aromatic N) is 1. The lowest BCUT2D eigenvalue weighted by molar-refractivity contribution is 0.358. The smallest absolute Gasteiger partial charge is 0.242 e. The fourth-order valence-electron chi connectivity index (χ4n) is 2.55. The van der Waals surface area contributed by atoms with Gasteiger partial charge in [-0.2, -0.15) is 11.8 Å². The van der Waals surface area contributed by atoms with Crippen molar-refractivity contribution in [3.8, 4) is 0 Å². The van der Waals surface area contributed by atoms with Crippen molar-refractivity contribution in [2.24, 2.45) is 5.41 Å². The molecular formula is C15H24N2O2S2. The van der Waals surface area contributed by atoms with Crippen LogP contribution in [0.1, 0.15) is 20.3 Å². The van der Waals surface area contributed by atoms with Crippen molar-refractivity contribution in [1.29, 1.82) is 0 Å². The lowest BCUT2D eigenvalue weighted by atomic mass is 9.88. The predicted molar refractivity (Wildman–Crippen MR) is 90.4 cm³/mol. The molecule has 0 radical (unpaired) electrons. The van der Waals surface area contributed by atoms with Gasteiger partial charge in [-0.25, -0.2) is 12.7 Å². The number of nitrogens with one attached hydrogen (secondary N) is 1. The van der Waals surface area contributed by atoms with Crippen LogP contribution in [0, 0.1) is 5.41 Å². The van der Waals surface area contributed by atoms with Crippen molar-refractivity contribution >= 4 is 27.5 Å². The standard InChI is InChI=1S/C15H24N2O2S2/c1-15(2)9-13(10-20-11-15)16-12-6-5-7-14(8-12)21(18,19)17(3)4/h5-8,13,16H,9-11H2,1-4H3. The zero-order valence-corrected chi connectivity index (χ0v) is 14.7. The summed E-state index contributed by atoms with van der Waals surface area (Å²) in [5.41, 5.74) is 1.20. The van der Waals surface area contributed by atoms with Crippen LogP contribution in [0.2, 0.25) is 0 Å². The Bertz CT molecular complexity index is 597. The van der Waals surface area contributed by atoms with Crippen LogP contribution in [-0.2, 0) is 10.0 Å². The van der Waals surface area contributed by atoms with Gasteiger partial charge in [-0.1, -0.05) is 19.9 Å². The van der Waals surface area contributed by atoms with Crippen molar-refractivity contribution in [3.63, 3.8) is 0 Å². The quantitative estimate of drug-likeness (QED) is 0.923. The second kappa shape index (κ2) is 6.18. The monoisotopic (exact) mass is 328 g/mol. The number of thioether (sulfide) groups is 1. The van der Waals surface area contributed by atoms with E-state index in [1.807, 2.05) is 17.8 Å². The normalized spacial score (nSPS) is 22.2. The number of hydrogen-bond acceptors (Lipinski definition) is 4. The average Bonchev–Trinajstić information content (AvgIpc) is 2.37. The Morgan fingerprint density at radius 1 is 1.33 bits per heavy atom. The molecule has 4 nitrogen and oxygen atoms in total. The molecule has 0 aliphatic carbocycles. The fraction of sp³-hybridized carbons (Fsp3) is 0.600. The van der Waals surface area contributed by atoms with Crippen LogP contribution in [-0.4, -0.2) is 44.4 Å². The van der Waals surface area contributed by atoms with E-state index in [2.05, 4.69) is 19.2 Å². The van der Waals surface area contributed by atoms with Gasteiger partial charge >= 0.3 is 0 Å². The molecule has 1 fully saturated rings. The lowest BCUT2D eigenvalue weighted by Crippen LogP contribution is -2.35. The number of benzene rings is 1. The first-order valence-electron chi connectivity index (χ1n) is 7.08. The summed E-state index contributed by atoms with van der Waals surface area (Å²) in [6, 6.07) is 7.47. The van der Waals surface area contributed by atoms with Crippen LogP contribution in [0.15, 0.2) is 29.2 Å². The van der Waals surface area contributed by atoms with Crippen molar-refractivity contribution in [2.45, 2.75) is 31.2 Å². The molecule has 0 spiro atoms. The third-order valence-electron chi connectivity index (χ3n) is 3.59. The van der Waals surface area contributed by atoms with Crippen LogP contribution >= 0.6 is 11.8 Å². The van der Waals surface area contributed by atoms with Gasteiger partial charge < -0.3 is 5.32 Å². The summed E-state index contributed by atoms with van der Waals surface area (Å²) in [6.07, 6.45) is 1.10. The van der Waals surface area contributed by atoms with E-state index in [4.69, 9.17) is 0 Å². The van der Waals surface area contributed by atoms with Crippen molar-refractivity contribution in [2.75, 3.05) is 30.9 Å². The molecule has 1 aliphatic heterocycles. The summed E-state index contributed by atoms with van der Waals surface area (Å²) < 4.78 is 25.6. The molecule has 1 atom stereocenters. The molecule has 21 heavy (non-hydrogen) atoms. The van der Waals surface area contributed by atoms with E-state index >= 15 is 0 Å². The maximum absolute atomic E-state index is 12.2. The van der Waals surface area contributed by atoms with Gasteiger partial charge in [0.1, 0.15) is 0 Å². The first kappa shape index (κ1) is 16.6. The van der Waals surface area contributed by atoms with Gasteiger partial charge in [0, 0.05) is 31.6 Å². The molecule has 1 heterocycles. The van der Waals surface area contributed by atoms with Crippen molar-refractivity contribution in [1.82, 2.24) is 4.31 Å². The molecule has 0 saturated carbocycles. The zero-order chi connectivity index (χ0) is 15.7. The van der Waals surface area contributed by atoms with Gasteiger partial charge in [-0.3, -0.25) is 0 Å². The summed E-state index contributed by atoms with van der Waals surface area (Å²) in [6.45, 7) is 4.56. The largest absolute Gasteiger partial charge is 0.381 e. The van der Waals surface area contributed by atoms with E-state index in [-0.39, 0.29) is 0 Å². The average molecular weight is 329 g/mol. The van der Waals surface area contributed by atoms with Crippen LogP contribution in [0.4, 0.5) is 5.69 Å². The summed E-state index contributed by atoms with van der Waals surface area (Å²) in [5.74, 6) is 2.24. The first-order chi connectivity index (χ1) is 9.71. The highest BCUT2D eigenvalue weighted by atomic mass is 32.2. The molecule has 1 aromatic rings. The van der Waals surface area contributed by atoms with E-state index in [1.54, 1.807) is 32.3 Å². The molecule has 1 aliphatic rings. The summed E-state index contributed by atoms with van der Waals surface area (Å²) in [7, 11) is -0.272. The molecule has 1 N–H and O–H groups in total. The number of sulfonamides is 1. The molecular weight excluding hydrogens is 304 g/mol. The lowest BCUT2D eigenvalue weighted by Gasteiger charge is -2.35. The highest BCUT2D eigenvalue weighted by molar-refractivity contribution is 7.99. The highest BCUT2D eigenvalue weighted by Gasteiger charge is 2.28. The Kier molecular flexibility index (Phi) is 4.90. The Labute approximate surface area is 132 Å². The van der Waals surface area contributed by atoms with Gasteiger partial charge in [0.15, 0.2) is 0 Å². The van der Waals surface area contributed by atoms with Gasteiger partial charge in [0.2, 0.25) is 10.0 Å². The molecule has 118 valence electrons. The minimum absolute atomic E-state index is 0.327. The SMILES string of the molecule is CN(C)S(=O)(=O)c1cccc(NC2CSCC(C)(C)C2)c1. The van der Waals surface area contributed by atoms with Crippen LogP contribution in [0.5, 0.6) is 0 Å². The maximum Gasteiger partial charge on any atom is 0.242 e. The highest BCUT2D eigenvalue weighted by Crippen LogP contribution is 2.34. The fourth-order valence-corrected chi connectivity index (χ4v) is 4.77. The van der Waals surface area contributed by atoms with Gasteiger partial charge in [-0.15, -0.1) is 0 Å². The van der Waals surface area contributed by atoms with Gasteiger partial charge in [0.25, 0.3) is 0 Å². The van der Waals surface area contributed by atoms with Crippen LogP contribution < -0.4 is 5.32 Å². The first-order valence-corrected chi connectivity index (χ1v) is 9.67. The summed E-state index contributed by atoms with van der Waals surface area (Å²) in [4.78, 5) is 0.334. The molecule has 1 unspecified atom stereocenters. The second-order valence-corrected chi connectivity index (χ2v) is 9.72. The van der Waals surface area contributed by atoms with Crippen LogP contribution in [0.3, 0.4) is 0 Å². The van der Waals surface area contributed by atoms with E-state index in [0.717, 1.165) is 17.9 Å². The van der Waals surface area contributed by atoms with E-state index in [9.17, 15) is 8.42 Å². The Morgan fingerprint density at radius 3 is 2.67 bits per heavy atom. The molecule has 1 saturated heterocycles. The van der Waals surface area contributed by atoms with Crippen LogP contribution in [0.25, 0.3) is 0 Å². The topological polar surface area (TPSA) is 49.4 Å². The zero-order valence-electron chi connectivity index (χ0n) is 13.1. The van der Waals surface area contributed by atoms with Gasteiger partial charge in [-0.05, 0) is 35.8 Å². The third kappa shape index (κ3) is 4.14. The van der Waals surface area contributed by atoms with E-state index < -0.39 is 10.0 Å².